The molecule has 0 aromatic carbocycles. The molecular formula is C13H19N3OS. The van der Waals surface area contributed by atoms with E-state index in [4.69, 9.17) is 4.42 Å². The lowest BCUT2D eigenvalue weighted by Crippen LogP contribution is -2.45. The number of aryl methyl sites for hydroxylation is 1. The highest BCUT2D eigenvalue weighted by Gasteiger charge is 2.40. The third kappa shape index (κ3) is 3.06. The number of hydrogen-bond acceptors (Lipinski definition) is 5. The molecule has 0 saturated heterocycles. The number of rotatable bonds is 4. The van der Waals surface area contributed by atoms with Crippen molar-refractivity contribution >= 4 is 11.8 Å². The van der Waals surface area contributed by atoms with Crippen LogP contribution < -0.4 is 5.32 Å². The lowest BCUT2D eigenvalue weighted by Gasteiger charge is -2.25. The van der Waals surface area contributed by atoms with Gasteiger partial charge in [-0.1, -0.05) is 11.8 Å². The summed E-state index contributed by atoms with van der Waals surface area (Å²) in [6, 6.07) is 2.79. The standard InChI is InChI=1S/C13H19N3OS/c1-9(2)16-13(8-14)5-4-11(6-13)18-12-15-10(3)7-17-12/h7,9,11,16H,4-6H2,1-3H3. The molecule has 1 aliphatic rings. The van der Waals surface area contributed by atoms with Crippen LogP contribution in [-0.4, -0.2) is 21.8 Å². The van der Waals surface area contributed by atoms with Crippen LogP contribution in [0.5, 0.6) is 0 Å². The summed E-state index contributed by atoms with van der Waals surface area (Å²) < 4.78 is 5.36. The maximum atomic E-state index is 9.39. The molecule has 1 aliphatic carbocycles. The van der Waals surface area contributed by atoms with Crippen LogP contribution in [0.4, 0.5) is 0 Å². The molecule has 2 unspecified atom stereocenters. The monoisotopic (exact) mass is 265 g/mol. The molecule has 4 nitrogen and oxygen atoms in total. The lowest BCUT2D eigenvalue weighted by molar-refractivity contribution is 0.385. The SMILES string of the molecule is Cc1coc(SC2CCC(C#N)(NC(C)C)C2)n1. The van der Waals surface area contributed by atoms with Gasteiger partial charge in [-0.05, 0) is 40.0 Å². The van der Waals surface area contributed by atoms with E-state index in [9.17, 15) is 5.26 Å². The van der Waals surface area contributed by atoms with Crippen LogP contribution in [0.15, 0.2) is 15.9 Å². The zero-order valence-corrected chi connectivity index (χ0v) is 11.9. The van der Waals surface area contributed by atoms with Gasteiger partial charge in [-0.25, -0.2) is 4.98 Å². The number of hydrogen-bond donors (Lipinski definition) is 1. The Morgan fingerprint density at radius 1 is 1.67 bits per heavy atom. The van der Waals surface area contributed by atoms with Crippen molar-refractivity contribution in [3.63, 3.8) is 0 Å². The van der Waals surface area contributed by atoms with Gasteiger partial charge in [-0.3, -0.25) is 5.32 Å². The molecule has 18 heavy (non-hydrogen) atoms. The van der Waals surface area contributed by atoms with Crippen molar-refractivity contribution in [2.45, 2.75) is 62.1 Å². The van der Waals surface area contributed by atoms with Gasteiger partial charge < -0.3 is 4.42 Å². The minimum atomic E-state index is -0.368. The molecule has 98 valence electrons. The Labute approximate surface area is 112 Å². The third-order valence-electron chi connectivity index (χ3n) is 3.11. The third-order valence-corrected chi connectivity index (χ3v) is 4.24. The van der Waals surface area contributed by atoms with E-state index in [0.717, 1.165) is 30.2 Å². The minimum absolute atomic E-state index is 0.331. The Morgan fingerprint density at radius 2 is 2.44 bits per heavy atom. The first-order chi connectivity index (χ1) is 8.53. The quantitative estimate of drug-likeness (QED) is 0.907. The van der Waals surface area contributed by atoms with Crippen LogP contribution in [0.2, 0.25) is 0 Å². The first kappa shape index (κ1) is 13.4. The minimum Gasteiger partial charge on any atom is -0.440 e. The molecule has 0 radical (unpaired) electrons. The molecule has 1 aromatic heterocycles. The van der Waals surface area contributed by atoms with E-state index in [1.165, 1.54) is 0 Å². The van der Waals surface area contributed by atoms with Gasteiger partial charge in [-0.15, -0.1) is 0 Å². The fraction of sp³-hybridized carbons (Fsp3) is 0.692. The molecule has 1 fully saturated rings. The van der Waals surface area contributed by atoms with E-state index >= 15 is 0 Å². The summed E-state index contributed by atoms with van der Waals surface area (Å²) in [7, 11) is 0. The Hall–Kier alpha value is -0.990. The van der Waals surface area contributed by atoms with Gasteiger partial charge in [0, 0.05) is 11.3 Å². The smallest absolute Gasteiger partial charge is 0.256 e. The van der Waals surface area contributed by atoms with Crippen molar-refractivity contribution in [2.24, 2.45) is 0 Å². The van der Waals surface area contributed by atoms with E-state index < -0.39 is 0 Å². The van der Waals surface area contributed by atoms with Crippen LogP contribution in [0.1, 0.15) is 38.8 Å². The van der Waals surface area contributed by atoms with Crippen molar-refractivity contribution < 1.29 is 4.42 Å². The number of nitrogens with one attached hydrogen (secondary N) is 1. The van der Waals surface area contributed by atoms with E-state index in [1.807, 2.05) is 6.92 Å². The zero-order valence-electron chi connectivity index (χ0n) is 11.1. The number of aromatic nitrogens is 1. The molecular weight excluding hydrogens is 246 g/mol. The molecule has 2 atom stereocenters. The molecule has 1 aromatic rings. The van der Waals surface area contributed by atoms with Crippen LogP contribution >= 0.6 is 11.8 Å². The van der Waals surface area contributed by atoms with E-state index in [1.54, 1.807) is 18.0 Å². The molecule has 1 heterocycles. The summed E-state index contributed by atoms with van der Waals surface area (Å²) >= 11 is 1.65. The molecule has 1 saturated carbocycles. The fourth-order valence-electron chi connectivity index (χ4n) is 2.45. The topological polar surface area (TPSA) is 61.9 Å². The van der Waals surface area contributed by atoms with Crippen LogP contribution in [-0.2, 0) is 0 Å². The summed E-state index contributed by atoms with van der Waals surface area (Å²) in [5.41, 5.74) is 0.537. The van der Waals surface area contributed by atoms with Gasteiger partial charge in [0.1, 0.15) is 11.8 Å². The highest BCUT2D eigenvalue weighted by atomic mass is 32.2. The average Bonchev–Trinajstić information content (AvgIpc) is 2.87. The molecule has 2 rings (SSSR count). The Morgan fingerprint density at radius 3 is 3.00 bits per heavy atom. The second-order valence-electron chi connectivity index (χ2n) is 5.23. The zero-order chi connectivity index (χ0) is 13.2. The van der Waals surface area contributed by atoms with Crippen molar-refractivity contribution in [1.82, 2.24) is 10.3 Å². The molecule has 0 amide bonds. The molecule has 0 aliphatic heterocycles. The first-order valence-corrected chi connectivity index (χ1v) is 7.19. The normalized spacial score (nSPS) is 27.6. The number of oxazole rings is 1. The van der Waals surface area contributed by atoms with Crippen molar-refractivity contribution in [3.05, 3.63) is 12.0 Å². The maximum Gasteiger partial charge on any atom is 0.256 e. The van der Waals surface area contributed by atoms with Crippen LogP contribution in [0.25, 0.3) is 0 Å². The maximum absolute atomic E-state index is 9.39. The molecule has 5 heteroatoms. The Balaban J connectivity index is 1.97. The Kier molecular flexibility index (Phi) is 3.98. The highest BCUT2D eigenvalue weighted by molar-refractivity contribution is 7.99. The first-order valence-electron chi connectivity index (χ1n) is 6.31. The van der Waals surface area contributed by atoms with Crippen molar-refractivity contribution in [3.8, 4) is 6.07 Å². The van der Waals surface area contributed by atoms with E-state index in [2.05, 4.69) is 30.2 Å². The highest BCUT2D eigenvalue weighted by Crippen LogP contribution is 2.39. The second-order valence-corrected chi connectivity index (χ2v) is 6.48. The van der Waals surface area contributed by atoms with Gasteiger partial charge in [0.2, 0.25) is 0 Å². The van der Waals surface area contributed by atoms with Gasteiger partial charge >= 0.3 is 0 Å². The molecule has 0 spiro atoms. The molecule has 0 bridgehead atoms. The summed E-state index contributed by atoms with van der Waals surface area (Å²) in [5.74, 6) is 0. The number of nitriles is 1. The van der Waals surface area contributed by atoms with Gasteiger partial charge in [0.15, 0.2) is 0 Å². The summed E-state index contributed by atoms with van der Waals surface area (Å²) in [4.78, 5) is 4.30. The number of thioether (sulfide) groups is 1. The average molecular weight is 265 g/mol. The Bertz CT molecular complexity index is 451. The van der Waals surface area contributed by atoms with Gasteiger partial charge in [-0.2, -0.15) is 5.26 Å². The van der Waals surface area contributed by atoms with Crippen molar-refractivity contribution in [1.29, 1.82) is 5.26 Å². The van der Waals surface area contributed by atoms with Gasteiger partial charge in [0.25, 0.3) is 5.22 Å². The lowest BCUT2D eigenvalue weighted by atomic mass is 9.99. The largest absolute Gasteiger partial charge is 0.440 e. The van der Waals surface area contributed by atoms with Gasteiger partial charge in [0.05, 0.1) is 11.8 Å². The fourth-order valence-corrected chi connectivity index (χ4v) is 3.64. The predicted octanol–water partition coefficient (Wildman–Crippen LogP) is 2.89. The van der Waals surface area contributed by atoms with Crippen LogP contribution in [0.3, 0.4) is 0 Å². The van der Waals surface area contributed by atoms with E-state index in [0.29, 0.717) is 11.3 Å². The molecule has 1 N–H and O–H groups in total. The summed E-state index contributed by atoms with van der Waals surface area (Å²) in [6.07, 6.45) is 4.45. The summed E-state index contributed by atoms with van der Waals surface area (Å²) in [5, 5.41) is 13.9. The number of nitrogens with zero attached hydrogens (tertiary/aromatic N) is 2. The summed E-state index contributed by atoms with van der Waals surface area (Å²) in [6.45, 7) is 6.08. The van der Waals surface area contributed by atoms with Crippen LogP contribution in [0, 0.1) is 18.3 Å². The van der Waals surface area contributed by atoms with E-state index in [-0.39, 0.29) is 5.54 Å². The predicted molar refractivity (Wildman–Crippen MR) is 71.4 cm³/mol. The van der Waals surface area contributed by atoms with Crippen molar-refractivity contribution in [2.75, 3.05) is 0 Å². The second kappa shape index (κ2) is 5.33.